The molecule has 5 heteroatoms. The summed E-state index contributed by atoms with van der Waals surface area (Å²) in [5.41, 5.74) is 3.79. The lowest BCUT2D eigenvalue weighted by molar-refractivity contribution is 0.0910. The molecule has 168 valence electrons. The first-order valence-corrected chi connectivity index (χ1v) is 11.4. The molecule has 32 heavy (non-hydrogen) atoms. The van der Waals surface area contributed by atoms with Gasteiger partial charge in [-0.1, -0.05) is 56.7 Å². The van der Waals surface area contributed by atoms with Gasteiger partial charge in [-0.05, 0) is 61.5 Å². The third-order valence-corrected chi connectivity index (χ3v) is 6.31. The van der Waals surface area contributed by atoms with E-state index in [4.69, 9.17) is 4.42 Å². The van der Waals surface area contributed by atoms with Crippen molar-refractivity contribution >= 4 is 16.9 Å². The summed E-state index contributed by atoms with van der Waals surface area (Å²) in [5, 5.41) is 3.51. The van der Waals surface area contributed by atoms with E-state index in [1.54, 1.807) is 12.1 Å². The van der Waals surface area contributed by atoms with Gasteiger partial charge in [0.25, 0.3) is 5.91 Å². The zero-order valence-corrected chi connectivity index (χ0v) is 19.4. The molecule has 1 aromatic heterocycles. The van der Waals surface area contributed by atoms with Crippen LogP contribution >= 0.6 is 0 Å². The zero-order valence-electron chi connectivity index (χ0n) is 19.4. The fourth-order valence-electron chi connectivity index (χ4n) is 4.37. The molecule has 3 aromatic rings. The van der Waals surface area contributed by atoms with Crippen LogP contribution in [-0.2, 0) is 5.41 Å². The molecule has 0 radical (unpaired) electrons. The van der Waals surface area contributed by atoms with Crippen LogP contribution in [0.3, 0.4) is 0 Å². The van der Waals surface area contributed by atoms with Crippen molar-refractivity contribution in [3.63, 3.8) is 0 Å². The molecule has 0 aliphatic carbocycles. The highest BCUT2D eigenvalue weighted by Gasteiger charge is 2.25. The van der Waals surface area contributed by atoms with Gasteiger partial charge < -0.3 is 9.73 Å². The van der Waals surface area contributed by atoms with Gasteiger partial charge in [0.2, 0.25) is 0 Å². The molecule has 1 amide bonds. The summed E-state index contributed by atoms with van der Waals surface area (Å²) in [6.07, 6.45) is 2.34. The average Bonchev–Trinajstić information content (AvgIpc) is 3.28. The summed E-state index contributed by atoms with van der Waals surface area (Å²) in [4.78, 5) is 27.8. The molecule has 1 atom stereocenters. The summed E-state index contributed by atoms with van der Waals surface area (Å²) < 4.78 is 5.75. The molecule has 0 bridgehead atoms. The van der Waals surface area contributed by atoms with Crippen LogP contribution in [0.25, 0.3) is 11.0 Å². The van der Waals surface area contributed by atoms with Crippen LogP contribution in [0.4, 0.5) is 0 Å². The molecule has 5 nitrogen and oxygen atoms in total. The van der Waals surface area contributed by atoms with Crippen LogP contribution in [0.2, 0.25) is 0 Å². The lowest BCUT2D eigenvalue weighted by Crippen LogP contribution is -2.37. The van der Waals surface area contributed by atoms with E-state index in [0.717, 1.165) is 18.7 Å². The number of hydrogen-bond donors (Lipinski definition) is 1. The second-order valence-corrected chi connectivity index (χ2v) is 9.82. The highest BCUT2D eigenvalue weighted by molar-refractivity contribution is 5.93. The van der Waals surface area contributed by atoms with Crippen molar-refractivity contribution in [3.8, 4) is 0 Å². The largest absolute Gasteiger partial charge is 0.451 e. The predicted octanol–water partition coefficient (Wildman–Crippen LogP) is 4.97. The van der Waals surface area contributed by atoms with E-state index in [9.17, 15) is 9.59 Å². The third kappa shape index (κ3) is 4.78. The Morgan fingerprint density at radius 1 is 1.06 bits per heavy atom. The maximum Gasteiger partial charge on any atom is 0.287 e. The van der Waals surface area contributed by atoms with E-state index in [-0.39, 0.29) is 28.6 Å². The Balaban J connectivity index is 1.54. The molecule has 2 aromatic carbocycles. The van der Waals surface area contributed by atoms with Gasteiger partial charge in [-0.2, -0.15) is 0 Å². The second kappa shape index (κ2) is 8.91. The number of carbonyl (C=O) groups is 1. The average molecular weight is 433 g/mol. The van der Waals surface area contributed by atoms with Crippen molar-refractivity contribution in [1.82, 2.24) is 10.2 Å². The number of likely N-dealkylation sites (tertiary alicyclic amines) is 1. The SMILES string of the molecule is Cc1ccc2oc(C(=O)NCC(c3ccc(C(C)(C)C)cc3)N3CCCC3)cc(=O)c2c1. The van der Waals surface area contributed by atoms with Gasteiger partial charge in [0.1, 0.15) is 5.58 Å². The van der Waals surface area contributed by atoms with Crippen molar-refractivity contribution in [3.05, 3.63) is 81.2 Å². The van der Waals surface area contributed by atoms with E-state index in [2.05, 4.69) is 55.3 Å². The quantitative estimate of drug-likeness (QED) is 0.619. The fourth-order valence-corrected chi connectivity index (χ4v) is 4.37. The van der Waals surface area contributed by atoms with Crippen LogP contribution < -0.4 is 10.7 Å². The van der Waals surface area contributed by atoms with Gasteiger partial charge in [0.05, 0.1) is 11.4 Å². The molecule has 2 heterocycles. The van der Waals surface area contributed by atoms with Crippen molar-refractivity contribution in [2.75, 3.05) is 19.6 Å². The van der Waals surface area contributed by atoms with Crippen molar-refractivity contribution in [2.24, 2.45) is 0 Å². The molecule has 1 unspecified atom stereocenters. The first-order valence-electron chi connectivity index (χ1n) is 11.4. The number of benzene rings is 2. The van der Waals surface area contributed by atoms with E-state index in [1.165, 1.54) is 30.0 Å². The maximum atomic E-state index is 12.9. The standard InChI is InChI=1S/C27H32N2O3/c1-18-7-12-24-21(15-18)23(30)16-25(32-24)26(31)28-17-22(29-13-5-6-14-29)19-8-10-20(11-9-19)27(2,3)4/h7-12,15-16,22H,5-6,13-14,17H2,1-4H3,(H,28,31). The highest BCUT2D eigenvalue weighted by atomic mass is 16.3. The normalized spacial score (nSPS) is 15.8. The monoisotopic (exact) mass is 432 g/mol. The van der Waals surface area contributed by atoms with E-state index < -0.39 is 0 Å². The Morgan fingerprint density at radius 2 is 1.75 bits per heavy atom. The summed E-state index contributed by atoms with van der Waals surface area (Å²) >= 11 is 0. The van der Waals surface area contributed by atoms with Gasteiger partial charge in [0.15, 0.2) is 11.2 Å². The Kier molecular flexibility index (Phi) is 6.20. The van der Waals surface area contributed by atoms with Crippen LogP contribution in [0.15, 0.2) is 57.7 Å². The number of amides is 1. The van der Waals surface area contributed by atoms with E-state index in [1.807, 2.05) is 13.0 Å². The Morgan fingerprint density at radius 3 is 2.41 bits per heavy atom. The molecule has 1 fully saturated rings. The van der Waals surface area contributed by atoms with Gasteiger partial charge in [-0.15, -0.1) is 0 Å². The van der Waals surface area contributed by atoms with Gasteiger partial charge in [-0.25, -0.2) is 0 Å². The van der Waals surface area contributed by atoms with Crippen molar-refractivity contribution < 1.29 is 9.21 Å². The molecule has 0 spiro atoms. The molecule has 1 N–H and O–H groups in total. The zero-order chi connectivity index (χ0) is 22.9. The van der Waals surface area contributed by atoms with Crippen LogP contribution in [0, 0.1) is 6.92 Å². The second-order valence-electron chi connectivity index (χ2n) is 9.82. The third-order valence-electron chi connectivity index (χ3n) is 6.31. The summed E-state index contributed by atoms with van der Waals surface area (Å²) in [5.74, 6) is -0.310. The van der Waals surface area contributed by atoms with E-state index in [0.29, 0.717) is 17.5 Å². The molecule has 0 saturated carbocycles. The first-order chi connectivity index (χ1) is 15.2. The van der Waals surface area contributed by atoms with Gasteiger partial charge >= 0.3 is 0 Å². The predicted molar refractivity (Wildman–Crippen MR) is 128 cm³/mol. The van der Waals surface area contributed by atoms with E-state index >= 15 is 0 Å². The molecule has 4 rings (SSSR count). The number of nitrogens with one attached hydrogen (secondary N) is 1. The van der Waals surface area contributed by atoms with Crippen LogP contribution in [0.5, 0.6) is 0 Å². The number of fused-ring (bicyclic) bond motifs is 1. The summed E-state index contributed by atoms with van der Waals surface area (Å²) in [7, 11) is 0. The summed E-state index contributed by atoms with van der Waals surface area (Å²) in [6.45, 7) is 11.0. The highest BCUT2D eigenvalue weighted by Crippen LogP contribution is 2.28. The van der Waals surface area contributed by atoms with Crippen LogP contribution in [0.1, 0.15) is 66.9 Å². The van der Waals surface area contributed by atoms with Gasteiger partial charge in [0, 0.05) is 12.6 Å². The fraction of sp³-hybridized carbons (Fsp3) is 0.407. The lowest BCUT2D eigenvalue weighted by atomic mass is 9.86. The smallest absolute Gasteiger partial charge is 0.287 e. The minimum absolute atomic E-state index is 0.0506. The molecule has 1 aliphatic rings. The number of hydrogen-bond acceptors (Lipinski definition) is 4. The number of aryl methyl sites for hydroxylation is 1. The first kappa shape index (κ1) is 22.3. The van der Waals surface area contributed by atoms with Crippen LogP contribution in [-0.4, -0.2) is 30.4 Å². The topological polar surface area (TPSA) is 62.6 Å². The van der Waals surface area contributed by atoms with Crippen molar-refractivity contribution in [1.29, 1.82) is 0 Å². The lowest BCUT2D eigenvalue weighted by Gasteiger charge is -2.29. The maximum absolute atomic E-state index is 12.9. The molecule has 1 saturated heterocycles. The minimum Gasteiger partial charge on any atom is -0.451 e. The Bertz CT molecular complexity index is 1170. The van der Waals surface area contributed by atoms with Crippen molar-refractivity contribution in [2.45, 2.75) is 52.0 Å². The molecular weight excluding hydrogens is 400 g/mol. The number of nitrogens with zero attached hydrogens (tertiary/aromatic N) is 1. The Labute approximate surface area is 189 Å². The Hall–Kier alpha value is -2.92. The molecular formula is C27H32N2O3. The number of rotatable bonds is 5. The summed E-state index contributed by atoms with van der Waals surface area (Å²) in [6, 6.07) is 15.5. The minimum atomic E-state index is -0.361. The molecule has 1 aliphatic heterocycles. The van der Waals surface area contributed by atoms with Gasteiger partial charge in [-0.3, -0.25) is 14.5 Å². The number of carbonyl (C=O) groups excluding carboxylic acids is 1.